The highest BCUT2D eigenvalue weighted by atomic mass is 35.5. The molecule has 0 amide bonds. The molecule has 0 aliphatic carbocycles. The number of pyridine rings is 1. The average Bonchev–Trinajstić information content (AvgIpc) is 2.21. The molecule has 2 nitrogen and oxygen atoms in total. The molecular formula is C10H13ClF2N2. The second-order valence-electron chi connectivity index (χ2n) is 3.20. The van der Waals surface area contributed by atoms with Gasteiger partial charge in [0.25, 0.3) is 0 Å². The lowest BCUT2D eigenvalue weighted by atomic mass is 10.2. The Kier molecular flexibility index (Phi) is 4.75. The van der Waals surface area contributed by atoms with Crippen molar-refractivity contribution in [2.24, 2.45) is 0 Å². The van der Waals surface area contributed by atoms with Crippen molar-refractivity contribution >= 4 is 17.4 Å². The highest BCUT2D eigenvalue weighted by Crippen LogP contribution is 2.12. The van der Waals surface area contributed by atoms with Crippen LogP contribution in [0.1, 0.15) is 19.8 Å². The van der Waals surface area contributed by atoms with Gasteiger partial charge in [-0.3, -0.25) is 0 Å². The lowest BCUT2D eigenvalue weighted by Crippen LogP contribution is -2.10. The molecule has 1 atom stereocenters. The number of alkyl halides is 1. The van der Waals surface area contributed by atoms with Crippen LogP contribution in [0.15, 0.2) is 12.3 Å². The van der Waals surface area contributed by atoms with Gasteiger partial charge in [-0.1, -0.05) is 6.92 Å². The summed E-state index contributed by atoms with van der Waals surface area (Å²) in [5.74, 6) is -1.30. The van der Waals surface area contributed by atoms with Gasteiger partial charge >= 0.3 is 0 Å². The SMILES string of the molecule is CCC(Cl)CCNc1ncc(F)cc1F. The molecule has 1 heterocycles. The van der Waals surface area contributed by atoms with Crippen LogP contribution in [0.5, 0.6) is 0 Å². The first kappa shape index (κ1) is 12.2. The van der Waals surface area contributed by atoms with Crippen LogP contribution < -0.4 is 5.32 Å². The van der Waals surface area contributed by atoms with Crippen molar-refractivity contribution in [2.75, 3.05) is 11.9 Å². The number of nitrogens with zero attached hydrogens (tertiary/aromatic N) is 1. The van der Waals surface area contributed by atoms with Gasteiger partial charge in [0.1, 0.15) is 5.82 Å². The lowest BCUT2D eigenvalue weighted by molar-refractivity contribution is 0.575. The molecule has 1 N–H and O–H groups in total. The Labute approximate surface area is 92.7 Å². The molecule has 0 aromatic carbocycles. The largest absolute Gasteiger partial charge is 0.368 e. The topological polar surface area (TPSA) is 24.9 Å². The predicted molar refractivity (Wildman–Crippen MR) is 57.2 cm³/mol. The Morgan fingerprint density at radius 1 is 1.53 bits per heavy atom. The Bertz CT molecular complexity index is 320. The van der Waals surface area contributed by atoms with Gasteiger partial charge < -0.3 is 5.32 Å². The van der Waals surface area contributed by atoms with Crippen molar-refractivity contribution in [3.05, 3.63) is 23.9 Å². The van der Waals surface area contributed by atoms with E-state index in [2.05, 4.69) is 10.3 Å². The molecule has 5 heteroatoms. The van der Waals surface area contributed by atoms with Crippen LogP contribution in [0, 0.1) is 11.6 Å². The zero-order valence-electron chi connectivity index (χ0n) is 8.43. The lowest BCUT2D eigenvalue weighted by Gasteiger charge is -2.08. The molecule has 0 aliphatic heterocycles. The Hall–Kier alpha value is -0.900. The summed E-state index contributed by atoms with van der Waals surface area (Å²) in [6, 6.07) is 0.799. The first-order valence-corrected chi connectivity index (χ1v) is 5.26. The van der Waals surface area contributed by atoms with Gasteiger partial charge in [-0.2, -0.15) is 0 Å². The van der Waals surface area contributed by atoms with Gasteiger partial charge in [0.05, 0.1) is 6.20 Å². The number of nitrogens with one attached hydrogen (secondary N) is 1. The molecule has 1 aromatic rings. The van der Waals surface area contributed by atoms with Crippen molar-refractivity contribution in [2.45, 2.75) is 25.1 Å². The van der Waals surface area contributed by atoms with E-state index in [9.17, 15) is 8.78 Å². The minimum Gasteiger partial charge on any atom is -0.368 e. The molecule has 0 radical (unpaired) electrons. The molecule has 0 saturated heterocycles. The number of hydrogen-bond donors (Lipinski definition) is 1. The number of anilines is 1. The summed E-state index contributed by atoms with van der Waals surface area (Å²) < 4.78 is 25.6. The van der Waals surface area contributed by atoms with Gasteiger partial charge in [-0.25, -0.2) is 13.8 Å². The van der Waals surface area contributed by atoms with Gasteiger partial charge in [0, 0.05) is 18.0 Å². The zero-order valence-corrected chi connectivity index (χ0v) is 9.19. The molecule has 0 spiro atoms. The highest BCUT2D eigenvalue weighted by Gasteiger charge is 2.05. The van der Waals surface area contributed by atoms with Crippen LogP contribution in [0.25, 0.3) is 0 Å². The fourth-order valence-corrected chi connectivity index (χ4v) is 1.21. The third-order valence-corrected chi connectivity index (χ3v) is 2.53. The standard InChI is InChI=1S/C10H13ClF2N2/c1-2-7(11)3-4-14-10-9(13)5-8(12)6-15-10/h5-7H,2-4H2,1H3,(H,14,15). The van der Waals surface area contributed by atoms with E-state index in [1.54, 1.807) is 0 Å². The smallest absolute Gasteiger partial charge is 0.168 e. The van der Waals surface area contributed by atoms with Crippen LogP contribution >= 0.6 is 11.6 Å². The molecule has 0 bridgehead atoms. The second-order valence-corrected chi connectivity index (χ2v) is 3.82. The summed E-state index contributed by atoms with van der Waals surface area (Å²) in [6.07, 6.45) is 2.56. The maximum Gasteiger partial charge on any atom is 0.168 e. The van der Waals surface area contributed by atoms with E-state index in [1.165, 1.54) is 0 Å². The van der Waals surface area contributed by atoms with Gasteiger partial charge in [-0.15, -0.1) is 11.6 Å². The first-order valence-electron chi connectivity index (χ1n) is 4.82. The third-order valence-electron chi connectivity index (χ3n) is 2.00. The minimum absolute atomic E-state index is 0.0661. The van der Waals surface area contributed by atoms with Crippen LogP contribution in [-0.2, 0) is 0 Å². The van der Waals surface area contributed by atoms with Crippen LogP contribution in [-0.4, -0.2) is 16.9 Å². The van der Waals surface area contributed by atoms with E-state index >= 15 is 0 Å². The molecular weight excluding hydrogens is 222 g/mol. The summed E-state index contributed by atoms with van der Waals surface area (Å²) in [4.78, 5) is 3.60. The Morgan fingerprint density at radius 3 is 2.87 bits per heavy atom. The maximum absolute atomic E-state index is 13.1. The van der Waals surface area contributed by atoms with E-state index in [-0.39, 0.29) is 11.2 Å². The highest BCUT2D eigenvalue weighted by molar-refractivity contribution is 6.20. The van der Waals surface area contributed by atoms with Gasteiger partial charge in [0.2, 0.25) is 0 Å². The Morgan fingerprint density at radius 2 is 2.27 bits per heavy atom. The monoisotopic (exact) mass is 234 g/mol. The van der Waals surface area contributed by atoms with Crippen molar-refractivity contribution in [1.29, 1.82) is 0 Å². The fourth-order valence-electron chi connectivity index (χ4n) is 1.10. The molecule has 0 aliphatic rings. The van der Waals surface area contributed by atoms with Crippen molar-refractivity contribution in [3.63, 3.8) is 0 Å². The molecule has 1 aromatic heterocycles. The van der Waals surface area contributed by atoms with Crippen molar-refractivity contribution < 1.29 is 8.78 Å². The first-order chi connectivity index (χ1) is 7.13. The fraction of sp³-hybridized carbons (Fsp3) is 0.500. The second kappa shape index (κ2) is 5.85. The van der Waals surface area contributed by atoms with E-state index in [0.717, 1.165) is 25.1 Å². The molecule has 0 fully saturated rings. The Balaban J connectivity index is 2.44. The third kappa shape index (κ3) is 4.00. The zero-order chi connectivity index (χ0) is 11.3. The predicted octanol–water partition coefficient (Wildman–Crippen LogP) is 3.18. The molecule has 1 unspecified atom stereocenters. The normalized spacial score (nSPS) is 12.5. The molecule has 0 saturated carbocycles. The van der Waals surface area contributed by atoms with Gasteiger partial charge in [-0.05, 0) is 12.8 Å². The van der Waals surface area contributed by atoms with Crippen LogP contribution in [0.3, 0.4) is 0 Å². The van der Waals surface area contributed by atoms with Gasteiger partial charge in [0.15, 0.2) is 11.6 Å². The minimum atomic E-state index is -0.683. The van der Waals surface area contributed by atoms with Crippen molar-refractivity contribution in [3.8, 4) is 0 Å². The molecule has 84 valence electrons. The quantitative estimate of drug-likeness (QED) is 0.792. The van der Waals surface area contributed by atoms with E-state index in [1.807, 2.05) is 6.92 Å². The van der Waals surface area contributed by atoms with E-state index < -0.39 is 11.6 Å². The van der Waals surface area contributed by atoms with Crippen LogP contribution in [0.2, 0.25) is 0 Å². The number of aromatic nitrogens is 1. The maximum atomic E-state index is 13.1. The number of hydrogen-bond acceptors (Lipinski definition) is 2. The molecule has 1 rings (SSSR count). The summed E-state index contributed by atoms with van der Waals surface area (Å²) in [6.45, 7) is 2.51. The summed E-state index contributed by atoms with van der Waals surface area (Å²) in [7, 11) is 0. The van der Waals surface area contributed by atoms with E-state index in [0.29, 0.717) is 6.54 Å². The summed E-state index contributed by atoms with van der Waals surface area (Å²) >= 11 is 5.88. The number of rotatable bonds is 5. The van der Waals surface area contributed by atoms with E-state index in [4.69, 9.17) is 11.6 Å². The summed E-state index contributed by atoms with van der Waals surface area (Å²) in [5.41, 5.74) is 0. The number of halogens is 3. The molecule has 15 heavy (non-hydrogen) atoms. The van der Waals surface area contributed by atoms with Crippen molar-refractivity contribution in [1.82, 2.24) is 4.98 Å². The van der Waals surface area contributed by atoms with Crippen LogP contribution in [0.4, 0.5) is 14.6 Å². The average molecular weight is 235 g/mol. The summed E-state index contributed by atoms with van der Waals surface area (Å²) in [5, 5.41) is 2.84.